The van der Waals surface area contributed by atoms with E-state index in [9.17, 15) is 9.59 Å². The maximum Gasteiger partial charge on any atom is 0.338 e. The molecule has 2 fully saturated rings. The molecule has 0 spiro atoms. The predicted molar refractivity (Wildman–Crippen MR) is 183 cm³/mol. The fourth-order valence-corrected chi connectivity index (χ4v) is 6.70. The molecule has 46 heavy (non-hydrogen) atoms. The maximum atomic E-state index is 13.6. The van der Waals surface area contributed by atoms with Gasteiger partial charge in [-0.2, -0.15) is 0 Å². The molecule has 2 amide bonds. The minimum atomic E-state index is -0.384. The maximum absolute atomic E-state index is 13.6. The number of benzene rings is 4. The summed E-state index contributed by atoms with van der Waals surface area (Å²) < 4.78 is 11.6. The Morgan fingerprint density at radius 1 is 0.783 bits per heavy atom. The van der Waals surface area contributed by atoms with Gasteiger partial charge < -0.3 is 24.6 Å². The minimum absolute atomic E-state index is 0.179. The number of nitrogens with one attached hydrogen (secondary N) is 1. The molecule has 0 unspecified atom stereocenters. The first-order chi connectivity index (χ1) is 22.4. The van der Waals surface area contributed by atoms with Gasteiger partial charge in [-0.15, -0.1) is 0 Å². The summed E-state index contributed by atoms with van der Waals surface area (Å²) in [6, 6.07) is 30.1. The van der Waals surface area contributed by atoms with E-state index in [1.54, 1.807) is 36.3 Å². The molecule has 0 saturated carbocycles. The molecule has 2 heterocycles. The fraction of sp³-hybridized carbons (Fsp3) is 0.278. The van der Waals surface area contributed by atoms with Crippen molar-refractivity contribution in [2.24, 2.45) is 0 Å². The van der Waals surface area contributed by atoms with Gasteiger partial charge in [0.05, 0.1) is 18.7 Å². The van der Waals surface area contributed by atoms with Gasteiger partial charge in [0.15, 0.2) is 0 Å². The summed E-state index contributed by atoms with van der Waals surface area (Å²) in [6.07, 6.45) is 0.127. The Bertz CT molecular complexity index is 1640. The van der Waals surface area contributed by atoms with Crippen LogP contribution in [0.5, 0.6) is 5.75 Å². The minimum Gasteiger partial charge on any atom is -0.497 e. The lowest BCUT2D eigenvalue weighted by molar-refractivity contribution is -0.0290. The van der Waals surface area contributed by atoms with Gasteiger partial charge in [0.2, 0.25) is 0 Å². The van der Waals surface area contributed by atoms with E-state index in [1.165, 1.54) is 0 Å². The van der Waals surface area contributed by atoms with Gasteiger partial charge >= 0.3 is 12.0 Å². The van der Waals surface area contributed by atoms with Crippen LogP contribution in [0.25, 0.3) is 11.1 Å². The van der Waals surface area contributed by atoms with Gasteiger partial charge in [0.1, 0.15) is 11.9 Å². The molecule has 6 rings (SSSR count). The predicted octanol–water partition coefficient (Wildman–Crippen LogP) is 7.32. The van der Waals surface area contributed by atoms with Crippen molar-refractivity contribution in [2.75, 3.05) is 56.6 Å². The van der Waals surface area contributed by atoms with Crippen molar-refractivity contribution < 1.29 is 19.1 Å². The summed E-state index contributed by atoms with van der Waals surface area (Å²) in [6.45, 7) is 3.96. The molecule has 2 atom stereocenters. The third-order valence-corrected chi connectivity index (χ3v) is 9.04. The molecular weight excluding hydrogens is 623 g/mol. The topological polar surface area (TPSA) is 74.3 Å². The van der Waals surface area contributed by atoms with Crippen molar-refractivity contribution in [3.8, 4) is 16.9 Å². The smallest absolute Gasteiger partial charge is 0.338 e. The lowest BCUT2D eigenvalue weighted by Crippen LogP contribution is -2.61. The molecule has 0 aromatic heterocycles. The Kier molecular flexibility index (Phi) is 9.97. The lowest BCUT2D eigenvalue weighted by atomic mass is 9.99. The SMILES string of the molecule is COc1ccc(N2CCN([C@@H]3CN(C(=O)Nc4cc(Cl)cc(Cl)c4)CC[C@H]3OC(=O)c3cccc(-c4ccccc4)c3)CC2)cc1. The van der Waals surface area contributed by atoms with E-state index in [4.69, 9.17) is 32.7 Å². The molecule has 8 nitrogen and oxygen atoms in total. The van der Waals surface area contributed by atoms with Crippen LogP contribution in [0.4, 0.5) is 16.2 Å². The Morgan fingerprint density at radius 2 is 1.48 bits per heavy atom. The largest absolute Gasteiger partial charge is 0.497 e. The Labute approximate surface area is 279 Å². The second kappa shape index (κ2) is 14.5. The second-order valence-electron chi connectivity index (χ2n) is 11.5. The number of esters is 1. The van der Waals surface area contributed by atoms with Crippen LogP contribution < -0.4 is 15.0 Å². The van der Waals surface area contributed by atoms with Crippen molar-refractivity contribution in [3.05, 3.63) is 113 Å². The first-order valence-corrected chi connectivity index (χ1v) is 16.1. The van der Waals surface area contributed by atoms with Crippen LogP contribution in [0.3, 0.4) is 0 Å². The zero-order valence-corrected chi connectivity index (χ0v) is 27.1. The summed E-state index contributed by atoms with van der Waals surface area (Å²) in [5.74, 6) is 0.457. The highest BCUT2D eigenvalue weighted by atomic mass is 35.5. The number of ether oxygens (including phenoxy) is 2. The molecule has 10 heteroatoms. The van der Waals surface area contributed by atoms with Gasteiger partial charge in [-0.25, -0.2) is 9.59 Å². The number of piperazine rings is 1. The summed E-state index contributed by atoms with van der Waals surface area (Å²) in [5.41, 5.74) is 4.15. The zero-order valence-electron chi connectivity index (χ0n) is 25.6. The highest BCUT2D eigenvalue weighted by Gasteiger charge is 2.39. The van der Waals surface area contributed by atoms with E-state index < -0.39 is 0 Å². The second-order valence-corrected chi connectivity index (χ2v) is 12.4. The molecule has 2 aliphatic rings. The number of carbonyl (C=O) groups is 2. The third kappa shape index (κ3) is 7.58. The highest BCUT2D eigenvalue weighted by Crippen LogP contribution is 2.28. The Morgan fingerprint density at radius 3 is 2.17 bits per heavy atom. The number of amides is 2. The van der Waals surface area contributed by atoms with E-state index >= 15 is 0 Å². The molecule has 0 radical (unpaired) electrons. The van der Waals surface area contributed by atoms with E-state index in [-0.39, 0.29) is 24.1 Å². The lowest BCUT2D eigenvalue weighted by Gasteiger charge is -2.46. The number of hydrogen-bond donors (Lipinski definition) is 1. The summed E-state index contributed by atoms with van der Waals surface area (Å²) in [4.78, 5) is 33.4. The quantitative estimate of drug-likeness (QED) is 0.210. The fourth-order valence-electron chi connectivity index (χ4n) is 6.18. The molecule has 2 aliphatic heterocycles. The molecule has 2 saturated heterocycles. The van der Waals surface area contributed by atoms with E-state index in [1.807, 2.05) is 60.7 Å². The number of methoxy groups -OCH3 is 1. The average molecular weight is 660 g/mol. The van der Waals surface area contributed by atoms with E-state index in [0.717, 1.165) is 48.7 Å². The van der Waals surface area contributed by atoms with Gasteiger partial charge in [0.25, 0.3) is 0 Å². The van der Waals surface area contributed by atoms with Gasteiger partial charge in [0, 0.05) is 67.1 Å². The van der Waals surface area contributed by atoms with Crippen molar-refractivity contribution in [1.29, 1.82) is 0 Å². The van der Waals surface area contributed by atoms with Crippen LogP contribution in [-0.4, -0.2) is 80.3 Å². The first kappa shape index (κ1) is 31.7. The molecule has 0 aliphatic carbocycles. The van der Waals surface area contributed by atoms with E-state index in [0.29, 0.717) is 40.8 Å². The number of carbonyl (C=O) groups excluding carboxylic acids is 2. The van der Waals surface area contributed by atoms with Crippen LogP contribution in [0, 0.1) is 0 Å². The summed E-state index contributed by atoms with van der Waals surface area (Å²) in [7, 11) is 1.66. The number of urea groups is 1. The van der Waals surface area contributed by atoms with Crippen LogP contribution in [0.1, 0.15) is 16.8 Å². The zero-order chi connectivity index (χ0) is 32.0. The summed E-state index contributed by atoms with van der Waals surface area (Å²) >= 11 is 12.3. The number of anilines is 2. The molecule has 238 valence electrons. The number of likely N-dealkylation sites (tertiary alicyclic amines) is 1. The number of piperidine rings is 1. The van der Waals surface area contributed by atoms with E-state index in [2.05, 4.69) is 27.2 Å². The molecule has 1 N–H and O–H groups in total. The number of nitrogens with zero attached hydrogens (tertiary/aromatic N) is 3. The number of rotatable bonds is 7. The van der Waals surface area contributed by atoms with Crippen molar-refractivity contribution >= 4 is 46.6 Å². The third-order valence-electron chi connectivity index (χ3n) is 8.61. The van der Waals surface area contributed by atoms with Gasteiger partial charge in [-0.1, -0.05) is 65.7 Å². The normalized spacial score (nSPS) is 18.6. The number of halogens is 2. The average Bonchev–Trinajstić information content (AvgIpc) is 3.08. The number of hydrogen-bond acceptors (Lipinski definition) is 6. The standard InChI is InChI=1S/C36H36Cl2N4O4/c1-45-32-12-10-31(11-13-32)40-16-18-41(19-17-40)33-24-42(36(44)39-30-22-28(37)21-29(38)23-30)15-14-34(33)46-35(43)27-9-5-8-26(20-27)25-6-3-2-4-7-25/h2-13,20-23,33-34H,14-19,24H2,1H3,(H,39,44)/t33-,34-/m1/s1. The monoisotopic (exact) mass is 658 g/mol. The van der Waals surface area contributed by atoms with Crippen LogP contribution in [0.15, 0.2) is 97.1 Å². The van der Waals surface area contributed by atoms with Crippen LogP contribution in [0.2, 0.25) is 10.0 Å². The Balaban J connectivity index is 1.18. The van der Waals surface area contributed by atoms with Gasteiger partial charge in [-0.3, -0.25) is 4.90 Å². The van der Waals surface area contributed by atoms with Crippen molar-refractivity contribution in [2.45, 2.75) is 18.6 Å². The molecular formula is C36H36Cl2N4O4. The molecule has 0 bridgehead atoms. The Hall–Kier alpha value is -4.24. The van der Waals surface area contributed by atoms with Crippen molar-refractivity contribution in [1.82, 2.24) is 9.80 Å². The summed E-state index contributed by atoms with van der Waals surface area (Å²) in [5, 5.41) is 3.82. The highest BCUT2D eigenvalue weighted by molar-refractivity contribution is 6.35. The first-order valence-electron chi connectivity index (χ1n) is 15.4. The van der Waals surface area contributed by atoms with Crippen LogP contribution in [-0.2, 0) is 4.74 Å². The van der Waals surface area contributed by atoms with Gasteiger partial charge in [-0.05, 0) is 65.7 Å². The van der Waals surface area contributed by atoms with Crippen molar-refractivity contribution in [3.63, 3.8) is 0 Å². The molecule has 4 aromatic rings. The molecule has 4 aromatic carbocycles. The van der Waals surface area contributed by atoms with Crippen LogP contribution >= 0.6 is 23.2 Å².